The number of primary amides is 1. The Morgan fingerprint density at radius 1 is 1.21 bits per heavy atom. The molecule has 146 valence electrons. The van der Waals surface area contributed by atoms with E-state index in [0.717, 1.165) is 22.3 Å². The Balaban J connectivity index is 1.78. The molecule has 0 bridgehead atoms. The zero-order valence-corrected chi connectivity index (χ0v) is 15.8. The summed E-state index contributed by atoms with van der Waals surface area (Å²) >= 11 is 0. The van der Waals surface area contributed by atoms with E-state index in [4.69, 9.17) is 16.5 Å². The molecule has 1 amide bonds. The molecule has 9 heteroatoms. The highest BCUT2D eigenvalue weighted by atomic mass is 16.1. The van der Waals surface area contributed by atoms with Gasteiger partial charge in [0.15, 0.2) is 11.6 Å². The van der Waals surface area contributed by atoms with Gasteiger partial charge in [0.2, 0.25) is 5.91 Å². The van der Waals surface area contributed by atoms with Gasteiger partial charge in [0, 0.05) is 24.0 Å². The SMILES string of the molecule is CCn1c(-c2nc(-c3cccc(NCC(N)=O)c3)cnc2N)nc2cnccc21. The Hall–Kier alpha value is -4.01. The molecule has 0 atom stereocenters. The molecule has 0 aliphatic heterocycles. The van der Waals surface area contributed by atoms with E-state index in [1.165, 1.54) is 0 Å². The molecular weight excluding hydrogens is 368 g/mol. The number of nitrogens with zero attached hydrogens (tertiary/aromatic N) is 5. The Bertz CT molecular complexity index is 1200. The van der Waals surface area contributed by atoms with Crippen molar-refractivity contribution in [1.82, 2.24) is 24.5 Å². The number of carbonyl (C=O) groups is 1. The third-order valence-electron chi connectivity index (χ3n) is 4.50. The number of carbonyl (C=O) groups excluding carboxylic acids is 1. The number of anilines is 2. The van der Waals surface area contributed by atoms with E-state index in [1.54, 1.807) is 18.6 Å². The minimum Gasteiger partial charge on any atom is -0.382 e. The van der Waals surface area contributed by atoms with E-state index in [2.05, 4.69) is 20.3 Å². The predicted octanol–water partition coefficient (Wildman–Crippen LogP) is 2.05. The van der Waals surface area contributed by atoms with Crippen molar-refractivity contribution in [2.45, 2.75) is 13.5 Å². The number of nitrogen functional groups attached to an aromatic ring is 1. The zero-order valence-electron chi connectivity index (χ0n) is 15.8. The van der Waals surface area contributed by atoms with Gasteiger partial charge in [-0.15, -0.1) is 0 Å². The van der Waals surface area contributed by atoms with Gasteiger partial charge in [-0.05, 0) is 25.1 Å². The molecule has 0 unspecified atom stereocenters. The maximum absolute atomic E-state index is 11.0. The number of fused-ring (bicyclic) bond motifs is 1. The summed E-state index contributed by atoms with van der Waals surface area (Å²) in [6.45, 7) is 2.79. The van der Waals surface area contributed by atoms with Crippen molar-refractivity contribution in [3.05, 3.63) is 48.9 Å². The molecule has 4 aromatic rings. The molecule has 1 aromatic carbocycles. The summed E-state index contributed by atoms with van der Waals surface area (Å²) in [7, 11) is 0. The van der Waals surface area contributed by atoms with Crippen LogP contribution in [0.5, 0.6) is 0 Å². The maximum Gasteiger partial charge on any atom is 0.236 e. The highest BCUT2D eigenvalue weighted by molar-refractivity contribution is 5.82. The first kappa shape index (κ1) is 18.4. The minimum absolute atomic E-state index is 0.0523. The molecule has 9 nitrogen and oxygen atoms in total. The first-order valence-corrected chi connectivity index (χ1v) is 9.12. The lowest BCUT2D eigenvalue weighted by atomic mass is 10.1. The number of nitrogens with two attached hydrogens (primary N) is 2. The largest absolute Gasteiger partial charge is 0.382 e. The second-order valence-electron chi connectivity index (χ2n) is 6.43. The molecule has 3 heterocycles. The molecule has 3 aromatic heterocycles. The fourth-order valence-corrected chi connectivity index (χ4v) is 3.16. The highest BCUT2D eigenvalue weighted by Crippen LogP contribution is 2.29. The number of rotatable bonds is 6. The van der Waals surface area contributed by atoms with Gasteiger partial charge in [-0.2, -0.15) is 0 Å². The van der Waals surface area contributed by atoms with Crippen LogP contribution in [0.15, 0.2) is 48.9 Å². The Kier molecular flexibility index (Phi) is 4.78. The van der Waals surface area contributed by atoms with E-state index >= 15 is 0 Å². The fraction of sp³-hybridized carbons (Fsp3) is 0.150. The van der Waals surface area contributed by atoms with Gasteiger partial charge in [0.25, 0.3) is 0 Å². The van der Waals surface area contributed by atoms with E-state index in [1.807, 2.05) is 41.8 Å². The summed E-state index contributed by atoms with van der Waals surface area (Å²) in [5.41, 5.74) is 15.8. The van der Waals surface area contributed by atoms with Crippen LogP contribution < -0.4 is 16.8 Å². The molecule has 4 rings (SSSR count). The standard InChI is InChI=1S/C20H20N8O/c1-2-28-16-6-7-23-9-15(16)27-20(28)18-19(22)25-10-14(26-18)12-4-3-5-13(8-12)24-11-17(21)29/h3-10,24H,2,11H2,1H3,(H2,21,29)(H2,22,25). The average molecular weight is 388 g/mol. The normalized spacial score (nSPS) is 10.9. The van der Waals surface area contributed by atoms with Crippen LogP contribution in [-0.4, -0.2) is 37.0 Å². The third kappa shape index (κ3) is 3.57. The number of aromatic nitrogens is 5. The summed E-state index contributed by atoms with van der Waals surface area (Å²) in [5.74, 6) is 0.512. The number of amides is 1. The van der Waals surface area contributed by atoms with Crippen LogP contribution in [0, 0.1) is 0 Å². The van der Waals surface area contributed by atoms with Gasteiger partial charge in [0.05, 0.1) is 30.1 Å². The lowest BCUT2D eigenvalue weighted by Crippen LogP contribution is -2.21. The molecular formula is C20H20N8O. The number of pyridine rings is 1. The lowest BCUT2D eigenvalue weighted by Gasteiger charge is -2.10. The average Bonchev–Trinajstić information content (AvgIpc) is 3.11. The Morgan fingerprint density at radius 2 is 2.07 bits per heavy atom. The topological polar surface area (TPSA) is 138 Å². The molecule has 0 aliphatic rings. The number of aryl methyl sites for hydroxylation is 1. The fourth-order valence-electron chi connectivity index (χ4n) is 3.16. The van der Waals surface area contributed by atoms with Crippen LogP contribution in [0.25, 0.3) is 33.8 Å². The van der Waals surface area contributed by atoms with Gasteiger partial charge in [-0.1, -0.05) is 12.1 Å². The molecule has 0 aliphatic carbocycles. The summed E-state index contributed by atoms with van der Waals surface area (Å²) in [6.07, 6.45) is 5.06. The van der Waals surface area contributed by atoms with Crippen LogP contribution in [0.2, 0.25) is 0 Å². The van der Waals surface area contributed by atoms with E-state index in [-0.39, 0.29) is 6.54 Å². The van der Waals surface area contributed by atoms with E-state index in [0.29, 0.717) is 29.6 Å². The van der Waals surface area contributed by atoms with Crippen molar-refractivity contribution >= 4 is 28.4 Å². The minimum atomic E-state index is -0.432. The zero-order chi connectivity index (χ0) is 20.4. The van der Waals surface area contributed by atoms with Crippen LogP contribution in [-0.2, 0) is 11.3 Å². The summed E-state index contributed by atoms with van der Waals surface area (Å²) < 4.78 is 2.03. The predicted molar refractivity (Wildman–Crippen MR) is 112 cm³/mol. The van der Waals surface area contributed by atoms with Crippen molar-refractivity contribution in [3.8, 4) is 22.8 Å². The van der Waals surface area contributed by atoms with Crippen LogP contribution >= 0.6 is 0 Å². The van der Waals surface area contributed by atoms with Gasteiger partial charge in [-0.25, -0.2) is 15.0 Å². The molecule has 0 radical (unpaired) electrons. The Labute approximate surface area is 166 Å². The number of imidazole rings is 1. The van der Waals surface area contributed by atoms with Gasteiger partial charge in [-0.3, -0.25) is 9.78 Å². The smallest absolute Gasteiger partial charge is 0.236 e. The third-order valence-corrected chi connectivity index (χ3v) is 4.50. The van der Waals surface area contributed by atoms with Crippen LogP contribution in [0.1, 0.15) is 6.92 Å². The quantitative estimate of drug-likeness (QED) is 0.459. The first-order valence-electron chi connectivity index (χ1n) is 9.12. The van der Waals surface area contributed by atoms with E-state index < -0.39 is 5.91 Å². The van der Waals surface area contributed by atoms with Crippen molar-refractivity contribution in [3.63, 3.8) is 0 Å². The van der Waals surface area contributed by atoms with Crippen molar-refractivity contribution in [1.29, 1.82) is 0 Å². The summed E-state index contributed by atoms with van der Waals surface area (Å²) in [5, 5.41) is 2.98. The second kappa shape index (κ2) is 7.55. The van der Waals surface area contributed by atoms with Crippen LogP contribution in [0.3, 0.4) is 0 Å². The monoisotopic (exact) mass is 388 g/mol. The molecule has 5 N–H and O–H groups in total. The maximum atomic E-state index is 11.0. The van der Waals surface area contributed by atoms with Gasteiger partial charge < -0.3 is 21.4 Å². The van der Waals surface area contributed by atoms with Crippen molar-refractivity contribution in [2.24, 2.45) is 5.73 Å². The highest BCUT2D eigenvalue weighted by Gasteiger charge is 2.17. The van der Waals surface area contributed by atoms with Crippen molar-refractivity contribution < 1.29 is 4.79 Å². The lowest BCUT2D eigenvalue weighted by molar-refractivity contribution is -0.116. The second-order valence-corrected chi connectivity index (χ2v) is 6.43. The summed E-state index contributed by atoms with van der Waals surface area (Å²) in [4.78, 5) is 28.9. The molecule has 0 saturated heterocycles. The Morgan fingerprint density at radius 3 is 2.86 bits per heavy atom. The van der Waals surface area contributed by atoms with Gasteiger partial charge >= 0.3 is 0 Å². The number of hydrogen-bond acceptors (Lipinski definition) is 7. The molecule has 0 spiro atoms. The van der Waals surface area contributed by atoms with Gasteiger partial charge in [0.1, 0.15) is 11.2 Å². The number of nitrogens with one attached hydrogen (secondary N) is 1. The van der Waals surface area contributed by atoms with Crippen LogP contribution in [0.4, 0.5) is 11.5 Å². The first-order chi connectivity index (χ1) is 14.1. The van der Waals surface area contributed by atoms with E-state index in [9.17, 15) is 4.79 Å². The summed E-state index contributed by atoms with van der Waals surface area (Å²) in [6, 6.07) is 9.41. The number of benzene rings is 1. The molecule has 0 saturated carbocycles. The molecule has 29 heavy (non-hydrogen) atoms. The van der Waals surface area contributed by atoms with Crippen molar-refractivity contribution in [2.75, 3.05) is 17.6 Å². The molecule has 0 fully saturated rings. The number of hydrogen-bond donors (Lipinski definition) is 3.